The van der Waals surface area contributed by atoms with Crippen LogP contribution in [0.3, 0.4) is 0 Å². The smallest absolute Gasteiger partial charge is 0.184 e. The fourth-order valence-corrected chi connectivity index (χ4v) is 3.13. The Hall–Kier alpha value is -1.08. The SMILES string of the molecule is C=C=CCC(CCc1ccccc1)O[Si](C)(C)C. The zero-order valence-corrected chi connectivity index (χ0v) is 12.8. The maximum atomic E-state index is 6.20. The average Bonchev–Trinajstić information content (AvgIpc) is 2.32. The quantitative estimate of drug-likeness (QED) is 0.515. The molecule has 2 heteroatoms. The summed E-state index contributed by atoms with van der Waals surface area (Å²) in [5.74, 6) is 0. The molecule has 0 aliphatic heterocycles. The van der Waals surface area contributed by atoms with Crippen LogP contribution in [0.2, 0.25) is 19.6 Å². The Morgan fingerprint density at radius 3 is 2.50 bits per heavy atom. The maximum Gasteiger partial charge on any atom is 0.184 e. The van der Waals surface area contributed by atoms with Crippen molar-refractivity contribution in [2.45, 2.75) is 45.0 Å². The van der Waals surface area contributed by atoms with E-state index in [1.807, 2.05) is 6.08 Å². The molecule has 0 N–H and O–H groups in total. The first-order chi connectivity index (χ1) is 8.51. The third-order valence-corrected chi connectivity index (χ3v) is 3.68. The van der Waals surface area contributed by atoms with E-state index in [-0.39, 0.29) is 0 Å². The molecule has 0 aliphatic carbocycles. The molecule has 1 aromatic rings. The van der Waals surface area contributed by atoms with Crippen molar-refractivity contribution in [3.05, 3.63) is 54.3 Å². The van der Waals surface area contributed by atoms with Crippen molar-refractivity contribution in [1.29, 1.82) is 0 Å². The van der Waals surface area contributed by atoms with Gasteiger partial charge in [0.25, 0.3) is 0 Å². The highest BCUT2D eigenvalue weighted by atomic mass is 28.4. The zero-order valence-electron chi connectivity index (χ0n) is 11.8. The minimum absolute atomic E-state index is 0.297. The summed E-state index contributed by atoms with van der Waals surface area (Å²) in [6.07, 6.45) is 5.33. The molecule has 98 valence electrons. The molecule has 0 aromatic heterocycles. The van der Waals surface area contributed by atoms with Crippen molar-refractivity contribution in [2.24, 2.45) is 0 Å². The third-order valence-electron chi connectivity index (χ3n) is 2.64. The summed E-state index contributed by atoms with van der Waals surface area (Å²) in [5, 5.41) is 0. The zero-order chi connectivity index (χ0) is 13.4. The molecule has 0 spiro atoms. The lowest BCUT2D eigenvalue weighted by atomic mass is 10.1. The first-order valence-corrected chi connectivity index (χ1v) is 9.98. The Morgan fingerprint density at radius 2 is 1.94 bits per heavy atom. The van der Waals surface area contributed by atoms with Crippen molar-refractivity contribution in [2.75, 3.05) is 0 Å². The number of hydrogen-bond donors (Lipinski definition) is 0. The van der Waals surface area contributed by atoms with Crippen LogP contribution >= 0.6 is 0 Å². The largest absolute Gasteiger partial charge is 0.414 e. The van der Waals surface area contributed by atoms with E-state index in [1.54, 1.807) is 0 Å². The molecule has 0 heterocycles. The molecule has 0 aliphatic rings. The summed E-state index contributed by atoms with van der Waals surface area (Å²) in [7, 11) is -1.48. The van der Waals surface area contributed by atoms with Crippen LogP contribution < -0.4 is 0 Å². The highest BCUT2D eigenvalue weighted by molar-refractivity contribution is 6.69. The predicted molar refractivity (Wildman–Crippen MR) is 81.3 cm³/mol. The van der Waals surface area contributed by atoms with E-state index < -0.39 is 8.32 Å². The summed E-state index contributed by atoms with van der Waals surface area (Å²) in [5.41, 5.74) is 4.22. The second-order valence-corrected chi connectivity index (χ2v) is 9.98. The van der Waals surface area contributed by atoms with Gasteiger partial charge < -0.3 is 4.43 Å². The lowest BCUT2D eigenvalue weighted by Crippen LogP contribution is -2.32. The van der Waals surface area contributed by atoms with Gasteiger partial charge in [-0.3, -0.25) is 0 Å². The lowest BCUT2D eigenvalue weighted by Gasteiger charge is -2.25. The van der Waals surface area contributed by atoms with Gasteiger partial charge in [0.1, 0.15) is 0 Å². The topological polar surface area (TPSA) is 9.23 Å². The van der Waals surface area contributed by atoms with Crippen LogP contribution in [0.15, 0.2) is 48.7 Å². The number of aryl methyl sites for hydroxylation is 1. The Balaban J connectivity index is 2.53. The summed E-state index contributed by atoms with van der Waals surface area (Å²) in [6.45, 7) is 10.3. The number of benzene rings is 1. The number of rotatable bonds is 7. The van der Waals surface area contributed by atoms with Gasteiger partial charge >= 0.3 is 0 Å². The molecule has 18 heavy (non-hydrogen) atoms. The van der Waals surface area contributed by atoms with Gasteiger partial charge in [-0.05, 0) is 50.5 Å². The van der Waals surface area contributed by atoms with Crippen LogP contribution in [0.25, 0.3) is 0 Å². The minimum Gasteiger partial charge on any atom is -0.414 e. The number of hydrogen-bond acceptors (Lipinski definition) is 1. The monoisotopic (exact) mass is 260 g/mol. The second kappa shape index (κ2) is 7.37. The highest BCUT2D eigenvalue weighted by Crippen LogP contribution is 2.16. The van der Waals surface area contributed by atoms with Gasteiger partial charge in [-0.25, -0.2) is 0 Å². The average molecular weight is 260 g/mol. The van der Waals surface area contributed by atoms with Gasteiger partial charge in [0.05, 0.1) is 0 Å². The van der Waals surface area contributed by atoms with Crippen LogP contribution in [0.1, 0.15) is 18.4 Å². The summed E-state index contributed by atoms with van der Waals surface area (Å²) >= 11 is 0. The first kappa shape index (κ1) is 15.0. The Kier molecular flexibility index (Phi) is 6.13. The molecule has 0 bridgehead atoms. The van der Waals surface area contributed by atoms with Crippen molar-refractivity contribution in [3.63, 3.8) is 0 Å². The molecule has 0 amide bonds. The van der Waals surface area contributed by atoms with E-state index in [0.717, 1.165) is 19.3 Å². The van der Waals surface area contributed by atoms with Crippen molar-refractivity contribution < 1.29 is 4.43 Å². The predicted octanol–water partition coefficient (Wildman–Crippen LogP) is 4.57. The van der Waals surface area contributed by atoms with E-state index in [1.165, 1.54) is 5.56 Å². The molecule has 0 saturated carbocycles. The first-order valence-electron chi connectivity index (χ1n) is 6.57. The molecule has 1 unspecified atom stereocenters. The normalized spacial score (nSPS) is 12.8. The Labute approximate surface area is 112 Å². The molecule has 0 saturated heterocycles. The van der Waals surface area contributed by atoms with Crippen LogP contribution in [0, 0.1) is 0 Å². The molecule has 1 aromatic carbocycles. The highest BCUT2D eigenvalue weighted by Gasteiger charge is 2.20. The fourth-order valence-electron chi connectivity index (χ4n) is 1.91. The van der Waals surface area contributed by atoms with Crippen molar-refractivity contribution in [3.8, 4) is 0 Å². The summed E-state index contributed by atoms with van der Waals surface area (Å²) < 4.78 is 6.20. The van der Waals surface area contributed by atoms with E-state index in [4.69, 9.17) is 4.43 Å². The molecule has 1 nitrogen and oxygen atoms in total. The van der Waals surface area contributed by atoms with Crippen molar-refractivity contribution >= 4 is 8.32 Å². The maximum absolute atomic E-state index is 6.20. The van der Waals surface area contributed by atoms with Crippen LogP contribution in [-0.4, -0.2) is 14.4 Å². The molecular formula is C16H24OSi. The molecular weight excluding hydrogens is 236 g/mol. The summed E-state index contributed by atoms with van der Waals surface area (Å²) in [4.78, 5) is 0. The third kappa shape index (κ3) is 6.60. The Bertz CT molecular complexity index is 385. The second-order valence-electron chi connectivity index (χ2n) is 5.52. The van der Waals surface area contributed by atoms with E-state index in [2.05, 4.69) is 62.3 Å². The molecule has 1 rings (SSSR count). The summed E-state index contributed by atoms with van der Waals surface area (Å²) in [6, 6.07) is 10.6. The van der Waals surface area contributed by atoms with Crippen LogP contribution in [0.5, 0.6) is 0 Å². The fraction of sp³-hybridized carbons (Fsp3) is 0.438. The van der Waals surface area contributed by atoms with Crippen molar-refractivity contribution in [1.82, 2.24) is 0 Å². The molecule has 0 radical (unpaired) electrons. The van der Waals surface area contributed by atoms with E-state index >= 15 is 0 Å². The van der Waals surface area contributed by atoms with Gasteiger partial charge in [-0.1, -0.05) is 36.9 Å². The molecule has 0 fully saturated rings. The Morgan fingerprint density at radius 1 is 1.28 bits per heavy atom. The minimum atomic E-state index is -1.48. The standard InChI is InChI=1S/C16H24OSi/c1-5-6-12-16(17-18(2,3)4)14-13-15-10-8-7-9-11-15/h6-11,16H,1,12-14H2,2-4H3. The molecule has 1 atom stereocenters. The van der Waals surface area contributed by atoms with Gasteiger partial charge in [0.15, 0.2) is 8.32 Å². The van der Waals surface area contributed by atoms with Gasteiger partial charge in [-0.2, -0.15) is 0 Å². The van der Waals surface area contributed by atoms with Gasteiger partial charge in [0, 0.05) is 6.10 Å². The van der Waals surface area contributed by atoms with Gasteiger partial charge in [-0.15, -0.1) is 5.73 Å². The van der Waals surface area contributed by atoms with Gasteiger partial charge in [0.2, 0.25) is 0 Å². The van der Waals surface area contributed by atoms with Crippen LogP contribution in [-0.2, 0) is 10.8 Å². The lowest BCUT2D eigenvalue weighted by molar-refractivity contribution is 0.187. The van der Waals surface area contributed by atoms with E-state index in [0.29, 0.717) is 6.10 Å². The van der Waals surface area contributed by atoms with E-state index in [9.17, 15) is 0 Å². The van der Waals surface area contributed by atoms with Crippen LogP contribution in [0.4, 0.5) is 0 Å².